The molecular formula is C25H20N4O11. The van der Waals surface area contributed by atoms with Gasteiger partial charge in [-0.3, -0.25) is 29.9 Å². The first-order chi connectivity index (χ1) is 19.1. The molecule has 2 heterocycles. The maximum atomic E-state index is 12.9. The number of urea groups is 1. The van der Waals surface area contributed by atoms with Crippen molar-refractivity contribution in [2.45, 2.75) is 13.2 Å². The molecule has 1 saturated heterocycles. The van der Waals surface area contributed by atoms with Crippen LogP contribution in [0.1, 0.15) is 27.4 Å². The number of esters is 1. The Morgan fingerprint density at radius 2 is 1.85 bits per heavy atom. The highest BCUT2D eigenvalue weighted by atomic mass is 16.6. The number of nitrogens with zero attached hydrogens (tertiary/aromatic N) is 3. The minimum atomic E-state index is -0.773. The average Bonchev–Trinajstić information content (AvgIpc) is 3.51. The van der Waals surface area contributed by atoms with E-state index >= 15 is 0 Å². The van der Waals surface area contributed by atoms with Crippen LogP contribution < -0.4 is 14.8 Å². The van der Waals surface area contributed by atoms with Crippen molar-refractivity contribution in [3.8, 4) is 11.5 Å². The second kappa shape index (κ2) is 11.3. The molecule has 40 heavy (non-hydrogen) atoms. The van der Waals surface area contributed by atoms with Gasteiger partial charge in [0.1, 0.15) is 18.1 Å². The summed E-state index contributed by atoms with van der Waals surface area (Å²) in [6.45, 7) is -0.514. The van der Waals surface area contributed by atoms with E-state index < -0.39 is 33.4 Å². The van der Waals surface area contributed by atoms with E-state index in [1.54, 1.807) is 6.07 Å². The number of hydrogen-bond donors (Lipinski definition) is 1. The van der Waals surface area contributed by atoms with Gasteiger partial charge in [0.05, 0.1) is 30.6 Å². The van der Waals surface area contributed by atoms with Gasteiger partial charge in [0.15, 0.2) is 5.75 Å². The van der Waals surface area contributed by atoms with Crippen molar-refractivity contribution in [1.29, 1.82) is 0 Å². The first-order valence-electron chi connectivity index (χ1n) is 11.4. The number of furan rings is 1. The van der Waals surface area contributed by atoms with Gasteiger partial charge in [-0.15, -0.1) is 0 Å². The predicted molar refractivity (Wildman–Crippen MR) is 134 cm³/mol. The zero-order valence-corrected chi connectivity index (χ0v) is 20.9. The van der Waals surface area contributed by atoms with Gasteiger partial charge in [0.25, 0.3) is 11.6 Å². The van der Waals surface area contributed by atoms with Gasteiger partial charge in [-0.2, -0.15) is 0 Å². The van der Waals surface area contributed by atoms with Gasteiger partial charge < -0.3 is 23.9 Å². The number of ether oxygens (including phenoxy) is 3. The molecule has 4 rings (SSSR count). The van der Waals surface area contributed by atoms with Crippen LogP contribution in [0.3, 0.4) is 0 Å². The normalized spacial score (nSPS) is 13.8. The number of nitro groups is 2. The van der Waals surface area contributed by atoms with Crippen LogP contribution in [0, 0.1) is 20.2 Å². The quantitative estimate of drug-likeness (QED) is 0.127. The Kier molecular flexibility index (Phi) is 7.74. The zero-order chi connectivity index (χ0) is 29.0. The van der Waals surface area contributed by atoms with Crippen LogP contribution in [0.5, 0.6) is 11.5 Å². The summed E-state index contributed by atoms with van der Waals surface area (Å²) in [5, 5.41) is 25.3. The van der Waals surface area contributed by atoms with E-state index in [2.05, 4.69) is 10.1 Å². The number of nitrogens with one attached hydrogen (secondary N) is 1. The lowest BCUT2D eigenvalue weighted by molar-refractivity contribution is -0.386. The third kappa shape index (κ3) is 5.72. The summed E-state index contributed by atoms with van der Waals surface area (Å²) in [5.74, 6) is -1.71. The van der Waals surface area contributed by atoms with Gasteiger partial charge in [-0.05, 0) is 35.4 Å². The Morgan fingerprint density at radius 3 is 2.52 bits per heavy atom. The summed E-state index contributed by atoms with van der Waals surface area (Å²) in [4.78, 5) is 59.3. The summed E-state index contributed by atoms with van der Waals surface area (Å²) < 4.78 is 20.7. The molecule has 0 saturated carbocycles. The molecule has 0 spiro atoms. The van der Waals surface area contributed by atoms with Crippen molar-refractivity contribution >= 4 is 35.4 Å². The number of benzene rings is 2. The van der Waals surface area contributed by atoms with E-state index in [9.17, 15) is 34.6 Å². The SMILES string of the molecule is COC(=O)c1ccc(CN2C(=O)N/C(=C\c3cc(OC)c(OCc4cccc([N+](=O)[O-])c4)c([N+](=O)[O-])c3)C2=O)o1. The topological polar surface area (TPSA) is 194 Å². The molecule has 1 aliphatic rings. The molecule has 1 aromatic heterocycles. The molecule has 0 atom stereocenters. The molecule has 2 aromatic carbocycles. The van der Waals surface area contributed by atoms with E-state index in [1.807, 2.05) is 0 Å². The molecule has 0 bridgehead atoms. The fourth-order valence-corrected chi connectivity index (χ4v) is 3.75. The Hall–Kier alpha value is -5.73. The zero-order valence-electron chi connectivity index (χ0n) is 20.9. The lowest BCUT2D eigenvalue weighted by Gasteiger charge is -2.12. The second-order valence-electron chi connectivity index (χ2n) is 8.18. The van der Waals surface area contributed by atoms with Gasteiger partial charge >= 0.3 is 17.7 Å². The summed E-state index contributed by atoms with van der Waals surface area (Å²) in [6.07, 6.45) is 1.22. The Bertz CT molecular complexity index is 1560. The van der Waals surface area contributed by atoms with Gasteiger partial charge in [0.2, 0.25) is 11.5 Å². The highest BCUT2D eigenvalue weighted by Gasteiger charge is 2.35. The summed E-state index contributed by atoms with van der Waals surface area (Å²) in [5.41, 5.74) is -0.311. The van der Waals surface area contributed by atoms with Crippen LogP contribution in [0.15, 0.2) is 58.6 Å². The fraction of sp³-hybridized carbons (Fsp3) is 0.160. The number of non-ortho nitro benzene ring substituents is 1. The highest BCUT2D eigenvalue weighted by Crippen LogP contribution is 2.39. The Labute approximate surface area is 224 Å². The standard InChI is InChI=1S/C25H20N4O11/c1-37-21-11-15(10-19(29(35)36)22(21)39-13-14-4-3-5-16(8-14)28(33)34)9-18-23(30)27(25(32)26-18)12-17-6-7-20(40-17)24(31)38-2/h3-11H,12-13H2,1-2H3,(H,26,32)/b18-9-. The van der Waals surface area contributed by atoms with Crippen LogP contribution in [0.2, 0.25) is 0 Å². The molecule has 3 amide bonds. The lowest BCUT2D eigenvalue weighted by Crippen LogP contribution is -2.30. The number of carbonyl (C=O) groups excluding carboxylic acids is 3. The van der Waals surface area contributed by atoms with Gasteiger partial charge in [-0.25, -0.2) is 9.59 Å². The molecule has 1 N–H and O–H groups in total. The molecule has 0 radical (unpaired) electrons. The second-order valence-corrected chi connectivity index (χ2v) is 8.18. The largest absolute Gasteiger partial charge is 0.493 e. The minimum absolute atomic E-state index is 0.0500. The number of carbonyl (C=O) groups is 3. The summed E-state index contributed by atoms with van der Waals surface area (Å²) >= 11 is 0. The molecule has 1 fully saturated rings. The van der Waals surface area contributed by atoms with Crippen molar-refractivity contribution in [2.24, 2.45) is 0 Å². The number of imide groups is 1. The van der Waals surface area contributed by atoms with Gasteiger partial charge in [0, 0.05) is 18.2 Å². The maximum Gasteiger partial charge on any atom is 0.373 e. The molecule has 1 aliphatic heterocycles. The van der Waals surface area contributed by atoms with Crippen molar-refractivity contribution in [3.63, 3.8) is 0 Å². The van der Waals surface area contributed by atoms with E-state index in [4.69, 9.17) is 13.9 Å². The third-order valence-corrected chi connectivity index (χ3v) is 5.61. The third-order valence-electron chi connectivity index (χ3n) is 5.61. The van der Waals surface area contributed by atoms with Gasteiger partial charge in [-0.1, -0.05) is 12.1 Å². The monoisotopic (exact) mass is 552 g/mol. The lowest BCUT2D eigenvalue weighted by atomic mass is 10.1. The number of nitro benzene ring substituents is 2. The molecule has 15 nitrogen and oxygen atoms in total. The number of amides is 3. The first-order valence-corrected chi connectivity index (χ1v) is 11.4. The van der Waals surface area contributed by atoms with Crippen molar-refractivity contribution in [3.05, 3.63) is 97.1 Å². The van der Waals surface area contributed by atoms with E-state index in [1.165, 1.54) is 56.7 Å². The first kappa shape index (κ1) is 27.3. The smallest absolute Gasteiger partial charge is 0.373 e. The van der Waals surface area contributed by atoms with Crippen LogP contribution in [-0.2, 0) is 22.7 Å². The van der Waals surface area contributed by atoms with E-state index in [-0.39, 0.29) is 53.1 Å². The van der Waals surface area contributed by atoms with Crippen LogP contribution in [-0.4, -0.2) is 46.9 Å². The van der Waals surface area contributed by atoms with Crippen LogP contribution >= 0.6 is 0 Å². The van der Waals surface area contributed by atoms with E-state index in [0.29, 0.717) is 5.56 Å². The maximum absolute atomic E-state index is 12.9. The molecule has 206 valence electrons. The Morgan fingerprint density at radius 1 is 1.07 bits per heavy atom. The Balaban J connectivity index is 1.58. The van der Waals surface area contributed by atoms with Crippen LogP contribution in [0.25, 0.3) is 6.08 Å². The number of hydrogen-bond acceptors (Lipinski definition) is 11. The minimum Gasteiger partial charge on any atom is -0.493 e. The predicted octanol–water partition coefficient (Wildman–Crippen LogP) is 3.56. The highest BCUT2D eigenvalue weighted by molar-refractivity contribution is 6.13. The molecule has 0 unspecified atom stereocenters. The molecular weight excluding hydrogens is 532 g/mol. The fourth-order valence-electron chi connectivity index (χ4n) is 3.75. The summed E-state index contributed by atoms with van der Waals surface area (Å²) in [6, 6.07) is 10.0. The number of rotatable bonds is 10. The molecule has 0 aliphatic carbocycles. The molecule has 15 heteroatoms. The average molecular weight is 552 g/mol. The summed E-state index contributed by atoms with van der Waals surface area (Å²) in [7, 11) is 2.43. The molecule has 3 aromatic rings. The van der Waals surface area contributed by atoms with Crippen molar-refractivity contribution in [2.75, 3.05) is 14.2 Å². The van der Waals surface area contributed by atoms with Crippen LogP contribution in [0.4, 0.5) is 16.2 Å². The van der Waals surface area contributed by atoms with Crippen molar-refractivity contribution in [1.82, 2.24) is 10.2 Å². The van der Waals surface area contributed by atoms with Crippen molar-refractivity contribution < 1.29 is 42.9 Å². The van der Waals surface area contributed by atoms with E-state index in [0.717, 1.165) is 11.0 Å². The number of methoxy groups -OCH3 is 2.